The number of hydrogen-bond donors (Lipinski definition) is 2. The van der Waals surface area contributed by atoms with E-state index < -0.39 is 0 Å². The van der Waals surface area contributed by atoms with Crippen LogP contribution in [-0.4, -0.2) is 62.3 Å². The maximum Gasteiger partial charge on any atom is 0.191 e. The Morgan fingerprint density at radius 1 is 1.32 bits per heavy atom. The van der Waals surface area contributed by atoms with Crippen LogP contribution in [0.4, 0.5) is 0 Å². The molecule has 2 unspecified atom stereocenters. The maximum atomic E-state index is 5.50. The van der Waals surface area contributed by atoms with Crippen LogP contribution in [0.2, 0.25) is 0 Å². The van der Waals surface area contributed by atoms with Crippen molar-refractivity contribution in [2.24, 2.45) is 10.9 Å². The van der Waals surface area contributed by atoms with Crippen LogP contribution in [-0.2, 0) is 4.74 Å². The highest BCUT2D eigenvalue weighted by Gasteiger charge is 2.23. The average molecular weight is 426 g/mol. The molecule has 2 N–H and O–H groups in total. The zero-order chi connectivity index (χ0) is 15.7. The van der Waals surface area contributed by atoms with Crippen LogP contribution in [0.5, 0.6) is 0 Å². The van der Waals surface area contributed by atoms with E-state index in [9.17, 15) is 0 Å². The van der Waals surface area contributed by atoms with Crippen LogP contribution in [0.25, 0.3) is 0 Å². The Kier molecular flexibility index (Phi) is 12.3. The summed E-state index contributed by atoms with van der Waals surface area (Å²) in [5, 5.41) is 6.74. The molecule has 0 aromatic rings. The van der Waals surface area contributed by atoms with Crippen LogP contribution in [0, 0.1) is 5.92 Å². The van der Waals surface area contributed by atoms with E-state index in [4.69, 9.17) is 9.73 Å². The van der Waals surface area contributed by atoms with Gasteiger partial charge < -0.3 is 15.4 Å². The molecule has 1 fully saturated rings. The fourth-order valence-corrected chi connectivity index (χ4v) is 2.54. The third kappa shape index (κ3) is 8.53. The Labute approximate surface area is 153 Å². The van der Waals surface area contributed by atoms with Gasteiger partial charge in [-0.3, -0.25) is 9.89 Å². The molecule has 0 bridgehead atoms. The van der Waals surface area contributed by atoms with Gasteiger partial charge in [0.05, 0.1) is 19.8 Å². The molecule has 0 aromatic carbocycles. The van der Waals surface area contributed by atoms with Crippen molar-refractivity contribution in [1.82, 2.24) is 15.5 Å². The molecule has 0 saturated carbocycles. The average Bonchev–Trinajstić information content (AvgIpc) is 2.44. The lowest BCUT2D eigenvalue weighted by Crippen LogP contribution is -2.49. The van der Waals surface area contributed by atoms with E-state index in [0.29, 0.717) is 18.0 Å². The second-order valence-electron chi connectivity index (χ2n) is 6.34. The van der Waals surface area contributed by atoms with Crippen molar-refractivity contribution in [1.29, 1.82) is 0 Å². The summed E-state index contributed by atoms with van der Waals surface area (Å²) in [6, 6.07) is 0.935. The lowest BCUT2D eigenvalue weighted by molar-refractivity contribution is -0.0165. The first-order valence-corrected chi connectivity index (χ1v) is 8.40. The van der Waals surface area contributed by atoms with E-state index in [1.807, 2.05) is 0 Å². The van der Waals surface area contributed by atoms with Gasteiger partial charge in [0.15, 0.2) is 5.96 Å². The molecule has 22 heavy (non-hydrogen) atoms. The summed E-state index contributed by atoms with van der Waals surface area (Å²) in [5.41, 5.74) is 0. The summed E-state index contributed by atoms with van der Waals surface area (Å²) >= 11 is 0. The first-order valence-electron chi connectivity index (χ1n) is 8.40. The second-order valence-corrected chi connectivity index (χ2v) is 6.34. The Hall–Kier alpha value is -0.0800. The molecule has 2 atom stereocenters. The molecule has 6 heteroatoms. The summed E-state index contributed by atoms with van der Waals surface area (Å²) in [5.74, 6) is 1.65. The van der Waals surface area contributed by atoms with E-state index in [1.54, 1.807) is 0 Å². The fourth-order valence-electron chi connectivity index (χ4n) is 2.54. The third-order valence-corrected chi connectivity index (χ3v) is 3.86. The number of ether oxygens (including phenoxy) is 1. The standard InChI is InChI=1S/C16H34N4O.HI/c1-6-17-16(18-8-7-13(2)3)19-11-14(4)20-9-10-21-12-15(20)5;/h13-15H,6-12H2,1-5H3,(H2,17,18,19);1H. The molecule has 132 valence electrons. The van der Waals surface area contributed by atoms with Gasteiger partial charge in [0.2, 0.25) is 0 Å². The molecule has 0 aliphatic carbocycles. The van der Waals surface area contributed by atoms with Gasteiger partial charge in [-0.05, 0) is 33.1 Å². The number of aliphatic imine (C=N–C) groups is 1. The van der Waals surface area contributed by atoms with Crippen molar-refractivity contribution in [2.45, 2.75) is 53.1 Å². The van der Waals surface area contributed by atoms with E-state index in [1.165, 1.54) is 6.42 Å². The maximum absolute atomic E-state index is 5.50. The quantitative estimate of drug-likeness (QED) is 0.373. The normalized spacial score (nSPS) is 21.4. The first kappa shape index (κ1) is 21.9. The molecular formula is C16H35IN4O. The minimum Gasteiger partial charge on any atom is -0.379 e. The van der Waals surface area contributed by atoms with Crippen LogP contribution in [0.1, 0.15) is 41.0 Å². The molecule has 0 aromatic heterocycles. The van der Waals surface area contributed by atoms with Gasteiger partial charge in [0, 0.05) is 31.7 Å². The minimum absolute atomic E-state index is 0. The topological polar surface area (TPSA) is 48.9 Å². The molecule has 0 radical (unpaired) electrons. The Bertz CT molecular complexity index is 313. The predicted octanol–water partition coefficient (Wildman–Crippen LogP) is 2.31. The van der Waals surface area contributed by atoms with Crippen molar-refractivity contribution in [3.8, 4) is 0 Å². The van der Waals surface area contributed by atoms with Crippen LogP contribution < -0.4 is 10.6 Å². The van der Waals surface area contributed by atoms with E-state index >= 15 is 0 Å². The molecule has 1 heterocycles. The van der Waals surface area contributed by atoms with E-state index in [0.717, 1.165) is 45.4 Å². The lowest BCUT2D eigenvalue weighted by Gasteiger charge is -2.37. The zero-order valence-electron chi connectivity index (χ0n) is 14.9. The number of halogens is 1. The van der Waals surface area contributed by atoms with Crippen molar-refractivity contribution < 1.29 is 4.74 Å². The van der Waals surface area contributed by atoms with Gasteiger partial charge in [-0.2, -0.15) is 0 Å². The molecule has 1 aliphatic heterocycles. The van der Waals surface area contributed by atoms with Gasteiger partial charge >= 0.3 is 0 Å². The third-order valence-electron chi connectivity index (χ3n) is 3.86. The summed E-state index contributed by atoms with van der Waals surface area (Å²) in [6.45, 7) is 16.5. The van der Waals surface area contributed by atoms with Crippen molar-refractivity contribution >= 4 is 29.9 Å². The highest BCUT2D eigenvalue weighted by molar-refractivity contribution is 14.0. The van der Waals surface area contributed by atoms with Crippen LogP contribution in [0.3, 0.4) is 0 Å². The fraction of sp³-hybridized carbons (Fsp3) is 0.938. The number of nitrogens with one attached hydrogen (secondary N) is 2. The monoisotopic (exact) mass is 426 g/mol. The second kappa shape index (κ2) is 12.4. The van der Waals surface area contributed by atoms with E-state index in [2.05, 4.69) is 50.2 Å². The van der Waals surface area contributed by atoms with Gasteiger partial charge in [0.1, 0.15) is 0 Å². The summed E-state index contributed by atoms with van der Waals surface area (Å²) in [4.78, 5) is 7.22. The number of hydrogen-bond acceptors (Lipinski definition) is 3. The molecule has 0 spiro atoms. The highest BCUT2D eigenvalue weighted by Crippen LogP contribution is 2.10. The Morgan fingerprint density at radius 2 is 2.05 bits per heavy atom. The largest absolute Gasteiger partial charge is 0.379 e. The predicted molar refractivity (Wildman–Crippen MR) is 105 cm³/mol. The van der Waals surface area contributed by atoms with Gasteiger partial charge in [-0.15, -0.1) is 24.0 Å². The molecule has 0 amide bonds. The summed E-state index contributed by atoms with van der Waals surface area (Å²) in [6.07, 6.45) is 1.17. The molecule has 1 rings (SSSR count). The highest BCUT2D eigenvalue weighted by atomic mass is 127. The SMILES string of the molecule is CCNC(=NCC(C)N1CCOCC1C)NCCC(C)C.I. The smallest absolute Gasteiger partial charge is 0.191 e. The molecule has 1 saturated heterocycles. The number of guanidine groups is 1. The molecular weight excluding hydrogens is 391 g/mol. The van der Waals surface area contributed by atoms with Crippen molar-refractivity contribution in [3.05, 3.63) is 0 Å². The zero-order valence-corrected chi connectivity index (χ0v) is 17.2. The van der Waals surface area contributed by atoms with Crippen molar-refractivity contribution in [3.63, 3.8) is 0 Å². The van der Waals surface area contributed by atoms with Crippen LogP contribution >= 0.6 is 24.0 Å². The van der Waals surface area contributed by atoms with E-state index in [-0.39, 0.29) is 24.0 Å². The summed E-state index contributed by atoms with van der Waals surface area (Å²) in [7, 11) is 0. The Balaban J connectivity index is 0.00000441. The minimum atomic E-state index is 0. The summed E-state index contributed by atoms with van der Waals surface area (Å²) < 4.78 is 5.50. The van der Waals surface area contributed by atoms with Gasteiger partial charge in [0.25, 0.3) is 0 Å². The molecule has 5 nitrogen and oxygen atoms in total. The molecule has 1 aliphatic rings. The van der Waals surface area contributed by atoms with Gasteiger partial charge in [-0.25, -0.2) is 0 Å². The number of rotatable bonds is 7. The van der Waals surface area contributed by atoms with Crippen LogP contribution in [0.15, 0.2) is 4.99 Å². The number of nitrogens with zero attached hydrogens (tertiary/aromatic N) is 2. The Morgan fingerprint density at radius 3 is 2.64 bits per heavy atom. The lowest BCUT2D eigenvalue weighted by atomic mass is 10.1. The van der Waals surface area contributed by atoms with Gasteiger partial charge in [-0.1, -0.05) is 13.8 Å². The number of morpholine rings is 1. The first-order chi connectivity index (χ1) is 10.0. The van der Waals surface area contributed by atoms with Crippen molar-refractivity contribution in [2.75, 3.05) is 39.4 Å².